The molecule has 0 unspecified atom stereocenters. The molecular formula is C15H20N2OS. The smallest absolute Gasteiger partial charge is 0.221 e. The molecule has 2 aliphatic carbocycles. The first kappa shape index (κ1) is 12.9. The maximum atomic E-state index is 12.3. The molecule has 1 aromatic heterocycles. The lowest BCUT2D eigenvalue weighted by molar-refractivity contribution is -0.123. The fraction of sp³-hybridized carbons (Fsp3) is 0.600. The van der Waals surface area contributed by atoms with Crippen LogP contribution >= 0.6 is 11.3 Å². The molecule has 1 aromatic rings. The van der Waals surface area contributed by atoms with Gasteiger partial charge in [0.25, 0.3) is 0 Å². The Kier molecular flexibility index (Phi) is 3.69. The molecule has 1 amide bonds. The van der Waals surface area contributed by atoms with Gasteiger partial charge in [0.15, 0.2) is 0 Å². The fourth-order valence-electron chi connectivity index (χ4n) is 3.25. The van der Waals surface area contributed by atoms with E-state index < -0.39 is 0 Å². The van der Waals surface area contributed by atoms with Crippen molar-refractivity contribution < 1.29 is 4.79 Å². The van der Waals surface area contributed by atoms with Gasteiger partial charge in [-0.15, -0.1) is 11.3 Å². The molecule has 3 rings (SSSR count). The van der Waals surface area contributed by atoms with Crippen LogP contribution in [0, 0.1) is 5.92 Å². The third kappa shape index (κ3) is 2.73. The SMILES string of the molecule is O=C(C[C@H]1C=CCC1)NC1(c2nccs2)CCCC1. The third-order valence-corrected chi connectivity index (χ3v) is 5.21. The lowest BCUT2D eigenvalue weighted by atomic mass is 9.97. The first-order valence-electron chi connectivity index (χ1n) is 7.16. The highest BCUT2D eigenvalue weighted by Crippen LogP contribution is 2.39. The molecule has 102 valence electrons. The number of allylic oxidation sites excluding steroid dienone is 2. The Balaban J connectivity index is 1.68. The van der Waals surface area contributed by atoms with Crippen molar-refractivity contribution in [3.63, 3.8) is 0 Å². The Morgan fingerprint density at radius 2 is 2.32 bits per heavy atom. The monoisotopic (exact) mass is 276 g/mol. The number of hydrogen-bond donors (Lipinski definition) is 1. The number of hydrogen-bond acceptors (Lipinski definition) is 3. The van der Waals surface area contributed by atoms with Crippen molar-refractivity contribution in [2.24, 2.45) is 5.92 Å². The quantitative estimate of drug-likeness (QED) is 0.857. The lowest BCUT2D eigenvalue weighted by Crippen LogP contribution is -2.44. The van der Waals surface area contributed by atoms with Gasteiger partial charge >= 0.3 is 0 Å². The van der Waals surface area contributed by atoms with Crippen LogP contribution in [0.5, 0.6) is 0 Å². The zero-order chi connectivity index (χ0) is 13.1. The Bertz CT molecular complexity index is 460. The molecule has 0 aliphatic heterocycles. The summed E-state index contributed by atoms with van der Waals surface area (Å²) >= 11 is 1.66. The van der Waals surface area contributed by atoms with E-state index in [1.165, 1.54) is 12.8 Å². The Morgan fingerprint density at radius 1 is 1.47 bits per heavy atom. The van der Waals surface area contributed by atoms with Crippen molar-refractivity contribution in [2.45, 2.75) is 50.5 Å². The third-order valence-electron chi connectivity index (χ3n) is 4.24. The van der Waals surface area contributed by atoms with Crippen molar-refractivity contribution >= 4 is 17.2 Å². The summed E-state index contributed by atoms with van der Waals surface area (Å²) in [5.41, 5.74) is -0.173. The minimum absolute atomic E-state index is 0.173. The van der Waals surface area contributed by atoms with E-state index in [1.54, 1.807) is 11.3 Å². The van der Waals surface area contributed by atoms with E-state index >= 15 is 0 Å². The van der Waals surface area contributed by atoms with Gasteiger partial charge in [-0.2, -0.15) is 0 Å². The van der Waals surface area contributed by atoms with Gasteiger partial charge in [-0.05, 0) is 31.6 Å². The van der Waals surface area contributed by atoms with Crippen LogP contribution in [0.4, 0.5) is 0 Å². The summed E-state index contributed by atoms with van der Waals surface area (Å²) in [4.78, 5) is 16.7. The molecule has 0 radical (unpaired) electrons. The summed E-state index contributed by atoms with van der Waals surface area (Å²) in [5.74, 6) is 0.628. The second-order valence-corrected chi connectivity index (χ2v) is 6.54. The van der Waals surface area contributed by atoms with Gasteiger partial charge in [-0.1, -0.05) is 25.0 Å². The minimum Gasteiger partial charge on any atom is -0.344 e. The molecule has 19 heavy (non-hydrogen) atoms. The summed E-state index contributed by atoms with van der Waals surface area (Å²) in [6.07, 6.45) is 13.5. The van der Waals surface area contributed by atoms with E-state index in [1.807, 2.05) is 11.6 Å². The number of nitrogens with one attached hydrogen (secondary N) is 1. The maximum absolute atomic E-state index is 12.3. The summed E-state index contributed by atoms with van der Waals surface area (Å²) in [7, 11) is 0. The standard InChI is InChI=1S/C15H20N2OS/c18-13(11-12-5-1-2-6-12)17-15(7-3-4-8-15)14-16-9-10-19-14/h1,5,9-10,12H,2-4,6-8,11H2,(H,17,18)/t12-/m0/s1. The average Bonchev–Trinajstić information content (AvgIpc) is 3.11. The predicted molar refractivity (Wildman–Crippen MR) is 76.9 cm³/mol. The summed E-state index contributed by atoms with van der Waals surface area (Å²) in [6, 6.07) is 0. The molecule has 1 atom stereocenters. The summed E-state index contributed by atoms with van der Waals surface area (Å²) in [6.45, 7) is 0. The van der Waals surface area contributed by atoms with E-state index in [2.05, 4.69) is 22.5 Å². The van der Waals surface area contributed by atoms with E-state index in [0.29, 0.717) is 12.3 Å². The van der Waals surface area contributed by atoms with E-state index in [-0.39, 0.29) is 11.4 Å². The Hall–Kier alpha value is -1.16. The van der Waals surface area contributed by atoms with E-state index in [4.69, 9.17) is 0 Å². The van der Waals surface area contributed by atoms with Crippen LogP contribution in [0.1, 0.15) is 50.0 Å². The number of nitrogens with zero attached hydrogens (tertiary/aromatic N) is 1. The minimum atomic E-state index is -0.173. The average molecular weight is 276 g/mol. The number of thiazole rings is 1. The van der Waals surface area contributed by atoms with Crippen molar-refractivity contribution in [1.82, 2.24) is 10.3 Å². The second kappa shape index (κ2) is 5.45. The van der Waals surface area contributed by atoms with Crippen LogP contribution in [0.25, 0.3) is 0 Å². The first-order chi connectivity index (χ1) is 9.28. The van der Waals surface area contributed by atoms with Crippen LogP contribution in [-0.2, 0) is 10.3 Å². The van der Waals surface area contributed by atoms with Crippen molar-refractivity contribution in [3.05, 3.63) is 28.7 Å². The number of rotatable bonds is 4. The van der Waals surface area contributed by atoms with Gasteiger partial charge in [0, 0.05) is 18.0 Å². The van der Waals surface area contributed by atoms with Gasteiger partial charge in [-0.3, -0.25) is 4.79 Å². The Morgan fingerprint density at radius 3 is 2.95 bits per heavy atom. The topological polar surface area (TPSA) is 42.0 Å². The molecule has 3 nitrogen and oxygen atoms in total. The highest BCUT2D eigenvalue weighted by Gasteiger charge is 2.39. The normalized spacial score (nSPS) is 24.7. The molecule has 1 heterocycles. The molecule has 1 fully saturated rings. The predicted octanol–water partition coefficient (Wildman–Crippen LogP) is 3.38. The van der Waals surface area contributed by atoms with E-state index in [9.17, 15) is 4.79 Å². The number of amides is 1. The first-order valence-corrected chi connectivity index (χ1v) is 8.04. The molecule has 1 saturated carbocycles. The largest absolute Gasteiger partial charge is 0.344 e. The molecule has 0 saturated heterocycles. The summed E-state index contributed by atoms with van der Waals surface area (Å²) in [5, 5.41) is 6.38. The van der Waals surface area contributed by atoms with E-state index in [0.717, 1.165) is 30.7 Å². The molecule has 0 spiro atoms. The van der Waals surface area contributed by atoms with Gasteiger partial charge in [0.05, 0.1) is 5.54 Å². The highest BCUT2D eigenvalue weighted by atomic mass is 32.1. The molecule has 2 aliphatic rings. The van der Waals surface area contributed by atoms with Crippen LogP contribution in [0.2, 0.25) is 0 Å². The van der Waals surface area contributed by atoms with Gasteiger partial charge in [-0.25, -0.2) is 4.98 Å². The van der Waals surface area contributed by atoms with Crippen molar-refractivity contribution in [2.75, 3.05) is 0 Å². The number of aromatic nitrogens is 1. The van der Waals surface area contributed by atoms with Crippen LogP contribution in [-0.4, -0.2) is 10.9 Å². The molecule has 4 heteroatoms. The van der Waals surface area contributed by atoms with Crippen molar-refractivity contribution in [3.8, 4) is 0 Å². The zero-order valence-electron chi connectivity index (χ0n) is 11.1. The number of carbonyl (C=O) groups is 1. The fourth-order valence-corrected chi connectivity index (χ4v) is 4.11. The van der Waals surface area contributed by atoms with Gasteiger partial charge in [0.1, 0.15) is 5.01 Å². The van der Waals surface area contributed by atoms with Crippen molar-refractivity contribution in [1.29, 1.82) is 0 Å². The molecule has 0 aromatic carbocycles. The summed E-state index contributed by atoms with van der Waals surface area (Å²) < 4.78 is 0. The molecule has 1 N–H and O–H groups in total. The van der Waals surface area contributed by atoms with Gasteiger partial charge in [0.2, 0.25) is 5.91 Å². The Labute approximate surface area is 118 Å². The van der Waals surface area contributed by atoms with Crippen LogP contribution in [0.3, 0.4) is 0 Å². The second-order valence-electron chi connectivity index (χ2n) is 5.64. The lowest BCUT2D eigenvalue weighted by Gasteiger charge is -2.28. The zero-order valence-corrected chi connectivity index (χ0v) is 11.9. The number of carbonyl (C=O) groups excluding carboxylic acids is 1. The van der Waals surface area contributed by atoms with Crippen LogP contribution < -0.4 is 5.32 Å². The molecular weight excluding hydrogens is 256 g/mol. The molecule has 0 bridgehead atoms. The van der Waals surface area contributed by atoms with Gasteiger partial charge < -0.3 is 5.32 Å². The van der Waals surface area contributed by atoms with Crippen LogP contribution in [0.15, 0.2) is 23.7 Å². The maximum Gasteiger partial charge on any atom is 0.221 e. The highest BCUT2D eigenvalue weighted by molar-refractivity contribution is 7.09.